The van der Waals surface area contributed by atoms with E-state index in [0.29, 0.717) is 12.6 Å². The minimum Gasteiger partial charge on any atom is -0.377 e. The van der Waals surface area contributed by atoms with Crippen LogP contribution in [0, 0.1) is 6.92 Å². The van der Waals surface area contributed by atoms with E-state index in [1.807, 2.05) is 13.0 Å². The lowest BCUT2D eigenvalue weighted by Crippen LogP contribution is -2.58. The van der Waals surface area contributed by atoms with Crippen LogP contribution in [0.5, 0.6) is 0 Å². The van der Waals surface area contributed by atoms with Gasteiger partial charge in [0.25, 0.3) is 0 Å². The first-order chi connectivity index (χ1) is 11.2. The van der Waals surface area contributed by atoms with E-state index in [9.17, 15) is 0 Å². The Morgan fingerprint density at radius 3 is 2.65 bits per heavy atom. The fraction of sp³-hybridized carbons (Fsp3) is 0.444. The first-order valence-corrected chi connectivity index (χ1v) is 7.98. The Balaban J connectivity index is 1.58. The van der Waals surface area contributed by atoms with Gasteiger partial charge in [0, 0.05) is 44.5 Å². The van der Waals surface area contributed by atoms with Crippen LogP contribution in [0.3, 0.4) is 0 Å². The first kappa shape index (κ1) is 15.9. The number of anilines is 1. The smallest absolute Gasteiger partial charge is 0.156 e. The third kappa shape index (κ3) is 3.86. The van der Waals surface area contributed by atoms with Crippen molar-refractivity contribution in [3.8, 4) is 0 Å². The maximum absolute atomic E-state index is 5.14. The lowest BCUT2D eigenvalue weighted by molar-refractivity contribution is 0.177. The highest BCUT2D eigenvalue weighted by Crippen LogP contribution is 2.23. The van der Waals surface area contributed by atoms with Gasteiger partial charge in [0.2, 0.25) is 0 Å². The number of rotatable bonds is 6. The van der Waals surface area contributed by atoms with E-state index in [-0.39, 0.29) is 0 Å². The Kier molecular flexibility index (Phi) is 4.88. The Bertz CT molecular complexity index is 641. The van der Waals surface area contributed by atoms with Gasteiger partial charge in [0.15, 0.2) is 5.82 Å². The zero-order chi connectivity index (χ0) is 16.2. The highest BCUT2D eigenvalue weighted by atomic mass is 16.5. The molecule has 23 heavy (non-hydrogen) atoms. The third-order valence-corrected chi connectivity index (χ3v) is 4.24. The van der Waals surface area contributed by atoms with Gasteiger partial charge in [0.05, 0.1) is 0 Å². The number of aryl methyl sites for hydroxylation is 1. The molecule has 5 heteroatoms. The summed E-state index contributed by atoms with van der Waals surface area (Å²) in [5.74, 6) is 1.76. The van der Waals surface area contributed by atoms with Gasteiger partial charge in [0.1, 0.15) is 12.4 Å². The summed E-state index contributed by atoms with van der Waals surface area (Å²) in [4.78, 5) is 13.7. The zero-order valence-corrected chi connectivity index (χ0v) is 14.1. The Morgan fingerprint density at radius 2 is 1.96 bits per heavy atom. The molecule has 0 aliphatic carbocycles. The maximum atomic E-state index is 5.14. The summed E-state index contributed by atoms with van der Waals surface area (Å²) >= 11 is 0. The van der Waals surface area contributed by atoms with Crippen LogP contribution in [0.15, 0.2) is 36.4 Å². The number of methoxy groups -OCH3 is 1. The van der Waals surface area contributed by atoms with Crippen LogP contribution in [0.25, 0.3) is 0 Å². The Hall–Kier alpha value is -1.98. The predicted molar refractivity (Wildman–Crippen MR) is 91.4 cm³/mol. The van der Waals surface area contributed by atoms with Crippen LogP contribution in [0.4, 0.5) is 5.82 Å². The predicted octanol–water partition coefficient (Wildman–Crippen LogP) is 2.25. The molecule has 1 aromatic heterocycles. The van der Waals surface area contributed by atoms with Gasteiger partial charge in [-0.1, -0.05) is 30.3 Å². The quantitative estimate of drug-likeness (QED) is 0.818. The molecule has 1 aromatic carbocycles. The number of benzene rings is 1. The van der Waals surface area contributed by atoms with Gasteiger partial charge < -0.3 is 9.64 Å². The van der Waals surface area contributed by atoms with Crippen molar-refractivity contribution in [3.63, 3.8) is 0 Å². The standard InChI is InChI=1S/C18H24N4O/c1-14-9-18(20-17(19-14)13-23-3)22-11-16(12-22)21(2)10-15-7-5-4-6-8-15/h4-9,16H,10-13H2,1-3H3. The zero-order valence-electron chi connectivity index (χ0n) is 14.1. The van der Waals surface area contributed by atoms with Crippen molar-refractivity contribution >= 4 is 5.82 Å². The molecule has 0 N–H and O–H groups in total. The van der Waals surface area contributed by atoms with Crippen LogP contribution in [0.2, 0.25) is 0 Å². The average Bonchev–Trinajstić information content (AvgIpc) is 2.46. The second-order valence-electron chi connectivity index (χ2n) is 6.18. The van der Waals surface area contributed by atoms with Crippen molar-refractivity contribution in [2.24, 2.45) is 0 Å². The monoisotopic (exact) mass is 312 g/mol. The minimum absolute atomic E-state index is 0.458. The van der Waals surface area contributed by atoms with E-state index in [1.54, 1.807) is 7.11 Å². The second-order valence-corrected chi connectivity index (χ2v) is 6.18. The summed E-state index contributed by atoms with van der Waals surface area (Å²) in [6, 6.07) is 13.2. The molecule has 2 heterocycles. The second kappa shape index (κ2) is 7.06. The topological polar surface area (TPSA) is 41.5 Å². The lowest BCUT2D eigenvalue weighted by atomic mass is 10.1. The van der Waals surface area contributed by atoms with Gasteiger partial charge >= 0.3 is 0 Å². The molecule has 0 amide bonds. The minimum atomic E-state index is 0.458. The molecule has 0 bridgehead atoms. The third-order valence-electron chi connectivity index (χ3n) is 4.24. The molecule has 5 nitrogen and oxygen atoms in total. The summed E-state index contributed by atoms with van der Waals surface area (Å²) in [5.41, 5.74) is 2.34. The average molecular weight is 312 g/mol. The molecule has 1 saturated heterocycles. The van der Waals surface area contributed by atoms with Crippen LogP contribution >= 0.6 is 0 Å². The van der Waals surface area contributed by atoms with Crippen molar-refractivity contribution in [3.05, 3.63) is 53.5 Å². The Morgan fingerprint density at radius 1 is 1.22 bits per heavy atom. The van der Waals surface area contributed by atoms with E-state index < -0.39 is 0 Å². The fourth-order valence-corrected chi connectivity index (χ4v) is 2.89. The maximum Gasteiger partial charge on any atom is 0.156 e. The lowest BCUT2D eigenvalue weighted by Gasteiger charge is -2.44. The normalized spacial score (nSPS) is 15.0. The highest BCUT2D eigenvalue weighted by molar-refractivity contribution is 5.43. The van der Waals surface area contributed by atoms with Gasteiger partial charge in [-0.15, -0.1) is 0 Å². The Labute approximate surface area is 137 Å². The van der Waals surface area contributed by atoms with Crippen LogP contribution in [-0.4, -0.2) is 48.2 Å². The summed E-state index contributed by atoms with van der Waals surface area (Å²) in [6.07, 6.45) is 0. The number of ether oxygens (including phenoxy) is 1. The summed E-state index contributed by atoms with van der Waals surface area (Å²) < 4.78 is 5.14. The van der Waals surface area contributed by atoms with E-state index in [4.69, 9.17) is 4.74 Å². The molecule has 122 valence electrons. The van der Waals surface area contributed by atoms with Gasteiger partial charge in [-0.25, -0.2) is 9.97 Å². The molecule has 1 aliphatic rings. The van der Waals surface area contributed by atoms with Crippen molar-refractivity contribution in [2.45, 2.75) is 26.1 Å². The molecule has 1 aliphatic heterocycles. The van der Waals surface area contributed by atoms with Crippen molar-refractivity contribution in [1.29, 1.82) is 0 Å². The van der Waals surface area contributed by atoms with Gasteiger partial charge in [-0.3, -0.25) is 4.90 Å². The van der Waals surface area contributed by atoms with Crippen LogP contribution in [-0.2, 0) is 17.9 Å². The highest BCUT2D eigenvalue weighted by Gasteiger charge is 2.31. The summed E-state index contributed by atoms with van der Waals surface area (Å²) in [5, 5.41) is 0. The van der Waals surface area contributed by atoms with E-state index in [1.165, 1.54) is 5.56 Å². The molecule has 0 spiro atoms. The molecular formula is C18H24N4O. The number of nitrogens with zero attached hydrogens (tertiary/aromatic N) is 4. The summed E-state index contributed by atoms with van der Waals surface area (Å²) in [7, 11) is 3.86. The molecule has 0 atom stereocenters. The van der Waals surface area contributed by atoms with E-state index >= 15 is 0 Å². The van der Waals surface area contributed by atoms with Crippen LogP contribution < -0.4 is 4.90 Å². The summed E-state index contributed by atoms with van der Waals surface area (Å²) in [6.45, 7) is 5.46. The van der Waals surface area contributed by atoms with Crippen molar-refractivity contribution in [2.75, 3.05) is 32.1 Å². The first-order valence-electron chi connectivity index (χ1n) is 7.98. The molecular weight excluding hydrogens is 288 g/mol. The number of hydrogen-bond donors (Lipinski definition) is 0. The number of hydrogen-bond acceptors (Lipinski definition) is 5. The molecule has 1 fully saturated rings. The van der Waals surface area contributed by atoms with Crippen LogP contribution in [0.1, 0.15) is 17.1 Å². The molecule has 0 radical (unpaired) electrons. The van der Waals surface area contributed by atoms with E-state index in [2.05, 4.69) is 57.1 Å². The van der Waals surface area contributed by atoms with Gasteiger partial charge in [-0.05, 0) is 19.5 Å². The molecule has 3 rings (SSSR count). The van der Waals surface area contributed by atoms with Crippen molar-refractivity contribution < 1.29 is 4.74 Å². The number of aromatic nitrogens is 2. The van der Waals surface area contributed by atoms with Gasteiger partial charge in [-0.2, -0.15) is 0 Å². The van der Waals surface area contributed by atoms with Crippen molar-refractivity contribution in [1.82, 2.24) is 14.9 Å². The largest absolute Gasteiger partial charge is 0.377 e. The SMILES string of the molecule is COCc1nc(C)cc(N2CC(N(C)Cc3ccccc3)C2)n1. The number of likely N-dealkylation sites (N-methyl/N-ethyl adjacent to an activating group) is 1. The van der Waals surface area contributed by atoms with E-state index in [0.717, 1.165) is 37.0 Å². The molecule has 0 unspecified atom stereocenters. The fourth-order valence-electron chi connectivity index (χ4n) is 2.89. The molecule has 0 saturated carbocycles. The molecule has 2 aromatic rings.